The van der Waals surface area contributed by atoms with Crippen LogP contribution in [0, 0.1) is 0 Å². The van der Waals surface area contributed by atoms with E-state index in [2.05, 4.69) is 4.90 Å². The number of hydrogen-bond donors (Lipinski definition) is 0. The number of benzene rings is 2. The van der Waals surface area contributed by atoms with Crippen LogP contribution in [0.1, 0.15) is 24.0 Å². The summed E-state index contributed by atoms with van der Waals surface area (Å²) in [6, 6.07) is 17.6. The van der Waals surface area contributed by atoms with Crippen molar-refractivity contribution in [2.75, 3.05) is 33.3 Å². The predicted octanol–water partition coefficient (Wildman–Crippen LogP) is 3.93. The summed E-state index contributed by atoms with van der Waals surface area (Å²) < 4.78 is 11.2. The molecule has 0 aliphatic carbocycles. The molecular formula is C22H28N2O3. The number of rotatable bonds is 8. The summed E-state index contributed by atoms with van der Waals surface area (Å²) in [5.41, 5.74) is 2.02. The molecule has 0 N–H and O–H groups in total. The maximum atomic E-state index is 12.1. The van der Waals surface area contributed by atoms with E-state index in [9.17, 15) is 4.79 Å². The zero-order chi connectivity index (χ0) is 18.9. The van der Waals surface area contributed by atoms with Crippen molar-refractivity contribution < 1.29 is 14.3 Å². The molecule has 5 heteroatoms. The van der Waals surface area contributed by atoms with Gasteiger partial charge in [-0.15, -0.1) is 0 Å². The summed E-state index contributed by atoms with van der Waals surface area (Å²) in [7, 11) is 1.74. The molecule has 27 heavy (non-hydrogen) atoms. The molecule has 0 radical (unpaired) electrons. The van der Waals surface area contributed by atoms with E-state index in [1.165, 1.54) is 25.9 Å². The molecule has 0 atom stereocenters. The van der Waals surface area contributed by atoms with E-state index in [0.717, 1.165) is 23.4 Å². The molecule has 144 valence electrons. The average Bonchev–Trinajstić information content (AvgIpc) is 3.22. The quantitative estimate of drug-likeness (QED) is 0.708. The van der Waals surface area contributed by atoms with Crippen molar-refractivity contribution in [1.82, 2.24) is 9.80 Å². The van der Waals surface area contributed by atoms with Crippen molar-refractivity contribution in [1.29, 1.82) is 0 Å². The molecule has 2 aromatic rings. The SMILES string of the molecule is CN(Cc1ccc(OCCN2CCCC2)cc1)C(=O)OCc1ccccc1. The predicted molar refractivity (Wildman–Crippen MR) is 106 cm³/mol. The van der Waals surface area contributed by atoms with Gasteiger partial charge in [0.2, 0.25) is 0 Å². The van der Waals surface area contributed by atoms with Crippen LogP contribution in [-0.4, -0.2) is 49.2 Å². The lowest BCUT2D eigenvalue weighted by atomic mass is 10.2. The minimum absolute atomic E-state index is 0.286. The highest BCUT2D eigenvalue weighted by atomic mass is 16.6. The largest absolute Gasteiger partial charge is 0.492 e. The summed E-state index contributed by atoms with van der Waals surface area (Å²) >= 11 is 0. The minimum atomic E-state index is -0.329. The average molecular weight is 368 g/mol. The molecule has 0 bridgehead atoms. The minimum Gasteiger partial charge on any atom is -0.492 e. The van der Waals surface area contributed by atoms with Gasteiger partial charge in [-0.25, -0.2) is 4.79 Å². The van der Waals surface area contributed by atoms with Crippen LogP contribution in [-0.2, 0) is 17.9 Å². The molecule has 1 saturated heterocycles. The molecule has 3 rings (SSSR count). The zero-order valence-corrected chi connectivity index (χ0v) is 16.0. The standard InChI is InChI=1S/C22H28N2O3/c1-23(22(25)27-18-20-7-3-2-4-8-20)17-19-9-11-21(12-10-19)26-16-15-24-13-5-6-14-24/h2-4,7-12H,5-6,13-18H2,1H3. The van der Waals surface area contributed by atoms with Crippen LogP contribution < -0.4 is 4.74 Å². The number of nitrogens with zero attached hydrogens (tertiary/aromatic N) is 2. The van der Waals surface area contributed by atoms with Crippen LogP contribution in [0.3, 0.4) is 0 Å². The van der Waals surface area contributed by atoms with Crippen LogP contribution in [0.5, 0.6) is 5.75 Å². The first-order valence-electron chi connectivity index (χ1n) is 9.56. The molecule has 0 unspecified atom stereocenters. The third-order valence-electron chi connectivity index (χ3n) is 4.73. The molecule has 0 spiro atoms. The topological polar surface area (TPSA) is 42.0 Å². The molecule has 0 saturated carbocycles. The normalized spacial score (nSPS) is 14.1. The summed E-state index contributed by atoms with van der Waals surface area (Å²) in [6.07, 6.45) is 2.27. The first-order chi connectivity index (χ1) is 13.2. The summed E-state index contributed by atoms with van der Waals surface area (Å²) in [6.45, 7) is 4.86. The highest BCUT2D eigenvalue weighted by Crippen LogP contribution is 2.14. The van der Waals surface area contributed by atoms with Crippen molar-refractivity contribution in [2.24, 2.45) is 0 Å². The monoisotopic (exact) mass is 368 g/mol. The maximum absolute atomic E-state index is 12.1. The van der Waals surface area contributed by atoms with Gasteiger partial charge in [0.1, 0.15) is 19.0 Å². The summed E-state index contributed by atoms with van der Waals surface area (Å²) in [5, 5.41) is 0. The molecule has 1 aliphatic rings. The van der Waals surface area contributed by atoms with Gasteiger partial charge in [-0.3, -0.25) is 4.90 Å². The van der Waals surface area contributed by atoms with Gasteiger partial charge in [-0.2, -0.15) is 0 Å². The number of hydrogen-bond acceptors (Lipinski definition) is 4. The number of likely N-dealkylation sites (tertiary alicyclic amines) is 1. The molecule has 1 heterocycles. The Balaban J connectivity index is 1.39. The van der Waals surface area contributed by atoms with E-state index in [1.807, 2.05) is 54.6 Å². The van der Waals surface area contributed by atoms with E-state index >= 15 is 0 Å². The van der Waals surface area contributed by atoms with Crippen molar-refractivity contribution in [3.05, 3.63) is 65.7 Å². The number of ether oxygens (including phenoxy) is 2. The Hall–Kier alpha value is -2.53. The number of carbonyl (C=O) groups is 1. The smallest absolute Gasteiger partial charge is 0.410 e. The summed E-state index contributed by atoms with van der Waals surface area (Å²) in [4.78, 5) is 16.1. The van der Waals surface area contributed by atoms with Crippen LogP contribution in [0.4, 0.5) is 4.79 Å². The van der Waals surface area contributed by atoms with Crippen molar-refractivity contribution in [3.8, 4) is 5.75 Å². The van der Waals surface area contributed by atoms with Gasteiger partial charge in [-0.1, -0.05) is 42.5 Å². The van der Waals surface area contributed by atoms with Gasteiger partial charge in [0.15, 0.2) is 0 Å². The molecular weight excluding hydrogens is 340 g/mol. The molecule has 1 aliphatic heterocycles. The van der Waals surface area contributed by atoms with Crippen molar-refractivity contribution >= 4 is 6.09 Å². The Morgan fingerprint density at radius 2 is 1.70 bits per heavy atom. The van der Waals surface area contributed by atoms with E-state index in [0.29, 0.717) is 13.2 Å². The molecule has 5 nitrogen and oxygen atoms in total. The second-order valence-corrected chi connectivity index (χ2v) is 6.94. The molecule has 2 aromatic carbocycles. The van der Waals surface area contributed by atoms with Crippen molar-refractivity contribution in [2.45, 2.75) is 26.0 Å². The van der Waals surface area contributed by atoms with Crippen molar-refractivity contribution in [3.63, 3.8) is 0 Å². The lowest BCUT2D eigenvalue weighted by molar-refractivity contribution is 0.103. The Kier molecular flexibility index (Phi) is 7.11. The highest BCUT2D eigenvalue weighted by Gasteiger charge is 2.12. The van der Waals surface area contributed by atoms with Gasteiger partial charge in [-0.05, 0) is 49.2 Å². The van der Waals surface area contributed by atoms with Gasteiger partial charge < -0.3 is 14.4 Å². The fraction of sp³-hybridized carbons (Fsp3) is 0.409. The van der Waals surface area contributed by atoms with Gasteiger partial charge in [0, 0.05) is 20.1 Å². The van der Waals surface area contributed by atoms with Crippen LogP contribution >= 0.6 is 0 Å². The Bertz CT molecular complexity index is 697. The van der Waals surface area contributed by atoms with E-state index < -0.39 is 0 Å². The summed E-state index contributed by atoms with van der Waals surface area (Å²) in [5.74, 6) is 0.868. The van der Waals surface area contributed by atoms with Crippen LogP contribution in [0.2, 0.25) is 0 Å². The van der Waals surface area contributed by atoms with E-state index in [-0.39, 0.29) is 12.7 Å². The number of amides is 1. The molecule has 1 amide bonds. The number of carbonyl (C=O) groups excluding carboxylic acids is 1. The lowest BCUT2D eigenvalue weighted by Crippen LogP contribution is -2.26. The van der Waals surface area contributed by atoms with E-state index in [1.54, 1.807) is 11.9 Å². The van der Waals surface area contributed by atoms with Crippen LogP contribution in [0.25, 0.3) is 0 Å². The Morgan fingerprint density at radius 1 is 1.00 bits per heavy atom. The Labute approximate surface area is 161 Å². The van der Waals surface area contributed by atoms with E-state index in [4.69, 9.17) is 9.47 Å². The Morgan fingerprint density at radius 3 is 2.41 bits per heavy atom. The lowest BCUT2D eigenvalue weighted by Gasteiger charge is -2.18. The van der Waals surface area contributed by atoms with Gasteiger partial charge in [0.25, 0.3) is 0 Å². The molecule has 1 fully saturated rings. The third-order valence-corrected chi connectivity index (χ3v) is 4.73. The highest BCUT2D eigenvalue weighted by molar-refractivity contribution is 5.67. The fourth-order valence-electron chi connectivity index (χ4n) is 3.16. The molecule has 0 aromatic heterocycles. The third kappa shape index (κ3) is 6.29. The second kappa shape index (κ2) is 9.97. The van der Waals surface area contributed by atoms with Gasteiger partial charge >= 0.3 is 6.09 Å². The fourth-order valence-corrected chi connectivity index (χ4v) is 3.16. The second-order valence-electron chi connectivity index (χ2n) is 6.94. The zero-order valence-electron chi connectivity index (χ0n) is 16.0. The van der Waals surface area contributed by atoms with Crippen LogP contribution in [0.15, 0.2) is 54.6 Å². The maximum Gasteiger partial charge on any atom is 0.410 e. The first kappa shape index (κ1) is 19.2. The first-order valence-corrected chi connectivity index (χ1v) is 9.56. The van der Waals surface area contributed by atoms with Gasteiger partial charge in [0.05, 0.1) is 0 Å².